The summed E-state index contributed by atoms with van der Waals surface area (Å²) < 4.78 is 0. The number of aliphatic hydroxyl groups is 2. The molecule has 0 bridgehead atoms. The van der Waals surface area contributed by atoms with Crippen molar-refractivity contribution in [1.82, 2.24) is 10.6 Å². The molecule has 1 unspecified atom stereocenters. The third-order valence-electron chi connectivity index (χ3n) is 4.43. The average Bonchev–Trinajstić information content (AvgIpc) is 2.61. The van der Waals surface area contributed by atoms with E-state index in [0.29, 0.717) is 12.8 Å². The highest BCUT2D eigenvalue weighted by Crippen LogP contribution is 2.17. The Labute approximate surface area is 182 Å². The standard InChI is InChI=1S/C18H28N2O12/c1-10(9-20-12(22)6-18(32,16(29)30)8-14(25)26)3-2-4-19-11(21)5-17(31,15(27)28)7-13(23)24/h10,31-32H,2-9H2,1H3,(H,19,21)(H,20,22)(H,23,24)(H,25,26)(H,27,28)(H,29,30)/t10?,17-,18-/m1/s1. The lowest BCUT2D eigenvalue weighted by molar-refractivity contribution is -0.167. The van der Waals surface area contributed by atoms with E-state index in [0.717, 1.165) is 0 Å². The van der Waals surface area contributed by atoms with Crippen LogP contribution in [0.2, 0.25) is 0 Å². The number of rotatable bonds is 16. The smallest absolute Gasteiger partial charge is 0.336 e. The number of carbonyl (C=O) groups excluding carboxylic acids is 2. The van der Waals surface area contributed by atoms with Gasteiger partial charge in [0.05, 0.1) is 25.7 Å². The van der Waals surface area contributed by atoms with E-state index >= 15 is 0 Å². The molecule has 2 amide bonds. The van der Waals surface area contributed by atoms with Gasteiger partial charge in [-0.2, -0.15) is 0 Å². The van der Waals surface area contributed by atoms with Gasteiger partial charge in [-0.15, -0.1) is 0 Å². The van der Waals surface area contributed by atoms with E-state index in [1.54, 1.807) is 6.92 Å². The first kappa shape index (κ1) is 28.7. The summed E-state index contributed by atoms with van der Waals surface area (Å²) in [6.45, 7) is 1.88. The number of carboxylic acid groups (broad SMARTS) is 4. The number of hydrogen-bond donors (Lipinski definition) is 8. The molecule has 0 aromatic rings. The molecule has 0 aromatic carbocycles. The second kappa shape index (κ2) is 12.6. The first-order valence-corrected chi connectivity index (χ1v) is 9.50. The van der Waals surface area contributed by atoms with Gasteiger partial charge in [-0.05, 0) is 18.8 Å². The second-order valence-corrected chi connectivity index (χ2v) is 7.57. The fourth-order valence-corrected chi connectivity index (χ4v) is 2.65. The highest BCUT2D eigenvalue weighted by molar-refractivity contribution is 5.90. The van der Waals surface area contributed by atoms with Crippen LogP contribution in [0.4, 0.5) is 0 Å². The summed E-state index contributed by atoms with van der Waals surface area (Å²) >= 11 is 0. The fourth-order valence-electron chi connectivity index (χ4n) is 2.65. The molecule has 14 nitrogen and oxygen atoms in total. The van der Waals surface area contributed by atoms with Crippen molar-refractivity contribution in [1.29, 1.82) is 0 Å². The molecule has 182 valence electrons. The van der Waals surface area contributed by atoms with Crippen molar-refractivity contribution < 1.29 is 59.4 Å². The van der Waals surface area contributed by atoms with Gasteiger partial charge in [0.15, 0.2) is 11.2 Å². The van der Waals surface area contributed by atoms with Crippen molar-refractivity contribution in [2.45, 2.75) is 56.7 Å². The van der Waals surface area contributed by atoms with Crippen LogP contribution in [-0.2, 0) is 28.8 Å². The minimum absolute atomic E-state index is 0.0763. The number of carboxylic acids is 4. The number of amides is 2. The zero-order chi connectivity index (χ0) is 25.1. The van der Waals surface area contributed by atoms with Crippen LogP contribution in [-0.4, -0.2) is 90.6 Å². The Hall–Kier alpha value is -3.26. The van der Waals surface area contributed by atoms with E-state index in [4.69, 9.17) is 20.4 Å². The molecule has 0 saturated heterocycles. The molecule has 0 aliphatic heterocycles. The topological polar surface area (TPSA) is 248 Å². The predicted octanol–water partition coefficient (Wildman–Crippen LogP) is -2.00. The molecule has 0 aromatic heterocycles. The molecule has 0 saturated carbocycles. The quantitative estimate of drug-likeness (QED) is 0.115. The van der Waals surface area contributed by atoms with Crippen molar-refractivity contribution in [3.05, 3.63) is 0 Å². The molecule has 0 aliphatic carbocycles. The zero-order valence-electron chi connectivity index (χ0n) is 17.4. The molecule has 0 aliphatic rings. The largest absolute Gasteiger partial charge is 0.481 e. The average molecular weight is 464 g/mol. The number of carbonyl (C=O) groups is 6. The molecular formula is C18H28N2O12. The van der Waals surface area contributed by atoms with E-state index in [-0.39, 0.29) is 19.0 Å². The van der Waals surface area contributed by atoms with Crippen LogP contribution in [0, 0.1) is 5.92 Å². The van der Waals surface area contributed by atoms with Gasteiger partial charge in [0.1, 0.15) is 0 Å². The molecule has 0 heterocycles. The summed E-state index contributed by atoms with van der Waals surface area (Å²) in [7, 11) is 0. The van der Waals surface area contributed by atoms with Crippen molar-refractivity contribution >= 4 is 35.7 Å². The molecule has 0 spiro atoms. The Kier molecular flexibility index (Phi) is 11.3. The first-order chi connectivity index (χ1) is 14.6. The maximum Gasteiger partial charge on any atom is 0.336 e. The Morgan fingerprint density at radius 3 is 1.50 bits per heavy atom. The lowest BCUT2D eigenvalue weighted by Crippen LogP contribution is -2.45. The molecule has 0 radical (unpaired) electrons. The lowest BCUT2D eigenvalue weighted by atomic mass is 9.95. The number of hydrogen-bond acceptors (Lipinski definition) is 8. The van der Waals surface area contributed by atoms with E-state index in [9.17, 15) is 39.0 Å². The van der Waals surface area contributed by atoms with Gasteiger partial charge < -0.3 is 41.3 Å². The summed E-state index contributed by atoms with van der Waals surface area (Å²) in [4.78, 5) is 67.0. The SMILES string of the molecule is CC(CCCNC(=O)C[C@@](O)(CC(=O)O)C(=O)O)CNC(=O)C[C@@](O)(CC(=O)O)C(=O)O. The van der Waals surface area contributed by atoms with Gasteiger partial charge in [-0.1, -0.05) is 6.92 Å². The van der Waals surface area contributed by atoms with E-state index in [1.807, 2.05) is 0 Å². The molecule has 8 N–H and O–H groups in total. The molecule has 3 atom stereocenters. The van der Waals surface area contributed by atoms with Crippen LogP contribution < -0.4 is 10.6 Å². The van der Waals surface area contributed by atoms with Gasteiger partial charge in [0.2, 0.25) is 11.8 Å². The van der Waals surface area contributed by atoms with E-state index in [2.05, 4.69) is 10.6 Å². The predicted molar refractivity (Wildman–Crippen MR) is 103 cm³/mol. The van der Waals surface area contributed by atoms with Crippen LogP contribution in [0.25, 0.3) is 0 Å². The highest BCUT2D eigenvalue weighted by Gasteiger charge is 2.41. The summed E-state index contributed by atoms with van der Waals surface area (Å²) in [5, 5.41) is 59.5. The van der Waals surface area contributed by atoms with Gasteiger partial charge in [-0.25, -0.2) is 9.59 Å². The van der Waals surface area contributed by atoms with Crippen molar-refractivity contribution in [3.8, 4) is 0 Å². The summed E-state index contributed by atoms with van der Waals surface area (Å²) in [6, 6.07) is 0. The van der Waals surface area contributed by atoms with Crippen molar-refractivity contribution in [2.75, 3.05) is 13.1 Å². The third kappa shape index (κ3) is 10.7. The minimum Gasteiger partial charge on any atom is -0.481 e. The van der Waals surface area contributed by atoms with Crippen LogP contribution in [0.3, 0.4) is 0 Å². The molecule has 0 fully saturated rings. The summed E-state index contributed by atoms with van der Waals surface area (Å²) in [5.74, 6) is -8.71. The van der Waals surface area contributed by atoms with Gasteiger partial charge in [-0.3, -0.25) is 19.2 Å². The van der Waals surface area contributed by atoms with E-state index < -0.39 is 72.6 Å². The third-order valence-corrected chi connectivity index (χ3v) is 4.43. The Bertz CT molecular complexity index is 739. The van der Waals surface area contributed by atoms with Gasteiger partial charge in [0.25, 0.3) is 0 Å². The van der Waals surface area contributed by atoms with Gasteiger partial charge in [0, 0.05) is 13.1 Å². The highest BCUT2D eigenvalue weighted by atomic mass is 16.4. The molecule has 14 heteroatoms. The molecule has 32 heavy (non-hydrogen) atoms. The maximum absolute atomic E-state index is 11.8. The van der Waals surface area contributed by atoms with Crippen LogP contribution in [0.15, 0.2) is 0 Å². The van der Waals surface area contributed by atoms with Crippen LogP contribution >= 0.6 is 0 Å². The fraction of sp³-hybridized carbons (Fsp3) is 0.667. The molecular weight excluding hydrogens is 436 g/mol. The lowest BCUT2D eigenvalue weighted by Gasteiger charge is -2.21. The van der Waals surface area contributed by atoms with Crippen LogP contribution in [0.5, 0.6) is 0 Å². The summed E-state index contributed by atoms with van der Waals surface area (Å²) in [5.41, 5.74) is -5.46. The van der Waals surface area contributed by atoms with E-state index in [1.165, 1.54) is 0 Å². The second-order valence-electron chi connectivity index (χ2n) is 7.57. The molecule has 0 rings (SSSR count). The van der Waals surface area contributed by atoms with Crippen LogP contribution in [0.1, 0.15) is 45.4 Å². The summed E-state index contributed by atoms with van der Waals surface area (Å²) in [6.07, 6.45) is -3.34. The van der Waals surface area contributed by atoms with Crippen molar-refractivity contribution in [2.24, 2.45) is 5.92 Å². The zero-order valence-corrected chi connectivity index (χ0v) is 17.4. The van der Waals surface area contributed by atoms with Gasteiger partial charge >= 0.3 is 23.9 Å². The minimum atomic E-state index is -2.73. The first-order valence-electron chi connectivity index (χ1n) is 9.50. The Balaban J connectivity index is 4.36. The van der Waals surface area contributed by atoms with Crippen molar-refractivity contribution in [3.63, 3.8) is 0 Å². The Morgan fingerprint density at radius 1 is 0.719 bits per heavy atom. The number of nitrogens with one attached hydrogen (secondary N) is 2. The maximum atomic E-state index is 11.8. The normalized spacial score (nSPS) is 15.5. The monoisotopic (exact) mass is 464 g/mol. The number of aliphatic carboxylic acids is 4. The Morgan fingerprint density at radius 2 is 1.12 bits per heavy atom.